The fraction of sp³-hybridized carbons (Fsp3) is 0.929. The van der Waals surface area contributed by atoms with Crippen LogP contribution in [0.1, 0.15) is 27.2 Å². The predicted molar refractivity (Wildman–Crippen MR) is 123 cm³/mol. The normalized spacial score (nSPS) is 20.4. The molecular formula is C14H38IN7P2. The Labute approximate surface area is 167 Å². The zero-order chi connectivity index (χ0) is 18.1. The van der Waals surface area contributed by atoms with E-state index in [1.165, 1.54) is 0 Å². The zero-order valence-corrected chi connectivity index (χ0v) is 21.3. The number of hydrogen-bond acceptors (Lipinski definition) is 4. The molecule has 10 heteroatoms. The second-order valence-electron chi connectivity index (χ2n) is 7.71. The van der Waals surface area contributed by atoms with Crippen LogP contribution in [-0.4, -0.2) is 86.3 Å². The van der Waals surface area contributed by atoms with Crippen molar-refractivity contribution < 1.29 is 0 Å². The molecule has 0 aromatic carbocycles. The van der Waals surface area contributed by atoms with E-state index in [2.05, 4.69) is 100 Å². The van der Waals surface area contributed by atoms with Gasteiger partial charge in [-0.05, 0) is 0 Å². The molecule has 0 fully saturated rings. The molecule has 0 saturated carbocycles. The Balaban J connectivity index is 0.00000529. The molecule has 1 heterocycles. The average Bonchev–Trinajstić information content (AvgIpc) is 2.36. The minimum absolute atomic E-state index is 0. The maximum Gasteiger partial charge on any atom is -0.107 e. The zero-order valence-electron chi connectivity index (χ0n) is 17.0. The fourth-order valence-electron chi connectivity index (χ4n) is 2.98. The summed E-state index contributed by atoms with van der Waals surface area (Å²) >= 11 is 0. The second-order valence-corrected chi connectivity index (χ2v) is 14.5. The molecule has 1 aliphatic heterocycles. The van der Waals surface area contributed by atoms with Crippen molar-refractivity contribution in [2.45, 2.75) is 32.7 Å². The van der Waals surface area contributed by atoms with Gasteiger partial charge < -0.3 is 0 Å². The first-order valence-electron chi connectivity index (χ1n) is 8.08. The van der Waals surface area contributed by atoms with Gasteiger partial charge in [-0.15, -0.1) is 24.0 Å². The minimum atomic E-state index is -2.54. The summed E-state index contributed by atoms with van der Waals surface area (Å²) in [4.78, 5) is 0. The van der Waals surface area contributed by atoms with Crippen LogP contribution in [0.2, 0.25) is 0 Å². The topological polar surface area (TPSA) is 49.7 Å². The van der Waals surface area contributed by atoms with Gasteiger partial charge in [0.05, 0.1) is 0 Å². The van der Waals surface area contributed by atoms with Gasteiger partial charge in [-0.2, -0.15) is 0 Å². The summed E-state index contributed by atoms with van der Waals surface area (Å²) in [5, 5.41) is 3.79. The monoisotopic (exact) mass is 493 g/mol. The van der Waals surface area contributed by atoms with Crippen LogP contribution in [0.4, 0.5) is 0 Å². The van der Waals surface area contributed by atoms with Crippen molar-refractivity contribution in [1.29, 1.82) is 0 Å². The Hall–Kier alpha value is 0.860. The van der Waals surface area contributed by atoms with E-state index in [0.717, 1.165) is 13.0 Å². The Kier molecular flexibility index (Phi) is 9.51. The third-order valence-corrected chi connectivity index (χ3v) is 12.1. The Bertz CT molecular complexity index is 459. The first-order valence-corrected chi connectivity index (χ1v) is 11.5. The standard InChI is InChI=1S/C14H37N7P2.HI/c1-14(2,3)16-22(15-12-11-13-21(22)10)17-23(18(4)5,19(6)7)20(8)9;/h12,16,22H,11,13H2,1-10H3;1H. The van der Waals surface area contributed by atoms with Crippen LogP contribution in [0.5, 0.6) is 0 Å². The summed E-state index contributed by atoms with van der Waals surface area (Å²) < 4.78 is 19.6. The molecule has 0 spiro atoms. The molecule has 0 radical (unpaired) electrons. The molecule has 0 amide bonds. The van der Waals surface area contributed by atoms with Crippen LogP contribution in [-0.2, 0) is 0 Å². The molecule has 1 aliphatic rings. The molecule has 24 heavy (non-hydrogen) atoms. The summed E-state index contributed by atoms with van der Waals surface area (Å²) in [6.07, 6.45) is 3.05. The van der Waals surface area contributed by atoms with Crippen LogP contribution in [0, 0.1) is 0 Å². The summed E-state index contributed by atoms with van der Waals surface area (Å²) in [6, 6.07) is 0. The average molecular weight is 493 g/mol. The molecule has 1 N–H and O–H groups in total. The largest absolute Gasteiger partial charge is 0.107 e. The summed E-state index contributed by atoms with van der Waals surface area (Å²) in [7, 11) is 10.3. The summed E-state index contributed by atoms with van der Waals surface area (Å²) in [6.45, 7) is 7.57. The summed E-state index contributed by atoms with van der Waals surface area (Å²) in [5.41, 5.74) is -0.0424. The third kappa shape index (κ3) is 5.43. The molecule has 1 rings (SSSR count). The van der Waals surface area contributed by atoms with Crippen LogP contribution in [0.25, 0.3) is 0 Å². The fourth-order valence-corrected chi connectivity index (χ4v) is 12.1. The molecule has 0 bridgehead atoms. The SMILES string of the molecule is CN(C)P(=N[PH]1(NC(C)(C)C)N=CCCN1C)(N(C)C)N(C)C.I. The molecular weight excluding hydrogens is 455 g/mol. The van der Waals surface area contributed by atoms with Crippen molar-refractivity contribution in [3.05, 3.63) is 0 Å². The van der Waals surface area contributed by atoms with Crippen LogP contribution in [0.15, 0.2) is 9.28 Å². The molecule has 0 aromatic heterocycles. The Morgan fingerprint density at radius 3 is 1.88 bits per heavy atom. The molecule has 0 aliphatic carbocycles. The van der Waals surface area contributed by atoms with Gasteiger partial charge in [0.2, 0.25) is 0 Å². The van der Waals surface area contributed by atoms with Gasteiger partial charge in [-0.25, -0.2) is 0 Å². The molecule has 0 saturated heterocycles. The quantitative estimate of drug-likeness (QED) is 0.470. The molecule has 7 nitrogen and oxygen atoms in total. The van der Waals surface area contributed by atoms with Crippen molar-refractivity contribution >= 4 is 45.6 Å². The number of rotatable bonds is 5. The number of halogens is 1. The van der Waals surface area contributed by atoms with E-state index < -0.39 is 15.4 Å². The molecule has 146 valence electrons. The van der Waals surface area contributed by atoms with Gasteiger partial charge in [0.1, 0.15) is 0 Å². The first-order chi connectivity index (χ1) is 10.4. The molecule has 0 unspecified atom stereocenters. The van der Waals surface area contributed by atoms with E-state index in [4.69, 9.17) is 9.28 Å². The van der Waals surface area contributed by atoms with Crippen molar-refractivity contribution in [3.63, 3.8) is 0 Å². The number of nitrogens with one attached hydrogen (secondary N) is 1. The molecule has 0 aromatic rings. The minimum Gasteiger partial charge on any atom is -0.107 e. The number of nitrogens with zero attached hydrogens (tertiary/aromatic N) is 6. The van der Waals surface area contributed by atoms with Gasteiger partial charge in [-0.3, -0.25) is 0 Å². The van der Waals surface area contributed by atoms with Crippen molar-refractivity contribution in [2.24, 2.45) is 9.28 Å². The first kappa shape index (κ1) is 24.9. The van der Waals surface area contributed by atoms with Crippen LogP contribution < -0.4 is 5.09 Å². The van der Waals surface area contributed by atoms with Crippen LogP contribution >= 0.6 is 39.3 Å². The maximum absolute atomic E-state index is 5.51. The van der Waals surface area contributed by atoms with E-state index in [0.29, 0.717) is 0 Å². The Morgan fingerprint density at radius 1 is 1.08 bits per heavy atom. The van der Waals surface area contributed by atoms with Crippen molar-refractivity contribution in [2.75, 3.05) is 55.9 Å². The third-order valence-electron chi connectivity index (χ3n) is 3.82. The van der Waals surface area contributed by atoms with Gasteiger partial charge in [0, 0.05) is 0 Å². The van der Waals surface area contributed by atoms with Gasteiger partial charge in [-0.1, -0.05) is 0 Å². The van der Waals surface area contributed by atoms with E-state index in [-0.39, 0.29) is 29.5 Å². The second kappa shape index (κ2) is 9.18. The predicted octanol–water partition coefficient (Wildman–Crippen LogP) is 3.44. The molecule has 0 atom stereocenters. The smallest absolute Gasteiger partial charge is 0.107 e. The van der Waals surface area contributed by atoms with Gasteiger partial charge in [0.25, 0.3) is 0 Å². The van der Waals surface area contributed by atoms with Crippen molar-refractivity contribution in [1.82, 2.24) is 23.8 Å². The van der Waals surface area contributed by atoms with Crippen molar-refractivity contribution in [3.8, 4) is 0 Å². The van der Waals surface area contributed by atoms with Gasteiger partial charge in [0.15, 0.2) is 0 Å². The van der Waals surface area contributed by atoms with Crippen LogP contribution in [0.3, 0.4) is 0 Å². The van der Waals surface area contributed by atoms with Gasteiger partial charge >= 0.3 is 143 Å². The Morgan fingerprint density at radius 2 is 1.54 bits per heavy atom. The van der Waals surface area contributed by atoms with E-state index in [9.17, 15) is 0 Å². The van der Waals surface area contributed by atoms with E-state index in [1.807, 2.05) is 0 Å². The maximum atomic E-state index is 5.51. The van der Waals surface area contributed by atoms with E-state index >= 15 is 0 Å². The van der Waals surface area contributed by atoms with E-state index in [1.54, 1.807) is 0 Å². The number of hydrogen-bond donors (Lipinski definition) is 1. The summed E-state index contributed by atoms with van der Waals surface area (Å²) in [5.74, 6) is 0.